The number of aliphatic hydroxyl groups is 1. The van der Waals surface area contributed by atoms with Crippen molar-refractivity contribution in [2.75, 3.05) is 11.9 Å². The topological polar surface area (TPSA) is 122 Å². The predicted octanol–water partition coefficient (Wildman–Crippen LogP) is 6.06. The Labute approximate surface area is 205 Å². The third-order valence-corrected chi connectivity index (χ3v) is 5.86. The van der Waals surface area contributed by atoms with Gasteiger partial charge in [0.15, 0.2) is 5.75 Å². The van der Waals surface area contributed by atoms with Crippen molar-refractivity contribution in [3.63, 3.8) is 0 Å². The number of nitro groups is 1. The number of rotatable bonds is 9. The van der Waals surface area contributed by atoms with Crippen LogP contribution in [0.2, 0.25) is 10.0 Å². The molecule has 178 valence electrons. The summed E-state index contributed by atoms with van der Waals surface area (Å²) in [6, 6.07) is 15.0. The Morgan fingerprint density at radius 3 is 2.35 bits per heavy atom. The van der Waals surface area contributed by atoms with Crippen LogP contribution < -0.4 is 5.32 Å². The van der Waals surface area contributed by atoms with Gasteiger partial charge in [0.1, 0.15) is 0 Å². The van der Waals surface area contributed by atoms with Gasteiger partial charge in [0, 0.05) is 18.2 Å². The van der Waals surface area contributed by atoms with Crippen LogP contribution in [0.5, 0.6) is 5.75 Å². The van der Waals surface area contributed by atoms with Gasteiger partial charge in [-0.3, -0.25) is 10.1 Å². The molecule has 0 aromatic heterocycles. The lowest BCUT2D eigenvalue weighted by Crippen LogP contribution is -2.15. The van der Waals surface area contributed by atoms with Crippen LogP contribution >= 0.6 is 23.2 Å². The van der Waals surface area contributed by atoms with Gasteiger partial charge >= 0.3 is 11.7 Å². The fraction of sp³-hybridized carbons (Fsp3) is 0.208. The summed E-state index contributed by atoms with van der Waals surface area (Å²) in [5, 5.41) is 35.7. The number of hydrogen-bond donors (Lipinski definition) is 3. The molecule has 0 saturated carbocycles. The molecule has 3 aromatic rings. The maximum atomic E-state index is 11.9. The van der Waals surface area contributed by atoms with Crippen LogP contribution in [0.1, 0.15) is 47.0 Å². The Morgan fingerprint density at radius 1 is 1.06 bits per heavy atom. The molecule has 0 fully saturated rings. The second-order valence-corrected chi connectivity index (χ2v) is 8.24. The highest BCUT2D eigenvalue weighted by Gasteiger charge is 2.22. The maximum absolute atomic E-state index is 11.9. The maximum Gasteiger partial charge on any atom is 0.338 e. The molecule has 3 rings (SSSR count). The number of esters is 1. The molecule has 2 unspecified atom stereocenters. The molecule has 0 saturated heterocycles. The molecule has 0 aliphatic carbocycles. The molecule has 0 heterocycles. The van der Waals surface area contributed by atoms with E-state index in [-0.39, 0.29) is 18.6 Å². The number of carbonyl (C=O) groups is 1. The molecule has 8 nitrogen and oxygen atoms in total. The number of ether oxygens (including phenoxy) is 1. The molecule has 34 heavy (non-hydrogen) atoms. The first-order chi connectivity index (χ1) is 16.2. The first kappa shape index (κ1) is 25.3. The molecule has 3 aromatic carbocycles. The molecule has 0 aliphatic rings. The third-order valence-electron chi connectivity index (χ3n) is 5.12. The number of anilines is 1. The quantitative estimate of drug-likeness (QED) is 0.184. The monoisotopic (exact) mass is 504 g/mol. The van der Waals surface area contributed by atoms with E-state index >= 15 is 0 Å². The van der Waals surface area contributed by atoms with E-state index in [1.807, 2.05) is 0 Å². The average molecular weight is 505 g/mol. The number of nitrogens with zero attached hydrogens (tertiary/aromatic N) is 1. The number of aliphatic hydroxyl groups excluding tert-OH is 1. The van der Waals surface area contributed by atoms with E-state index in [9.17, 15) is 25.1 Å². The van der Waals surface area contributed by atoms with Gasteiger partial charge in [0.25, 0.3) is 0 Å². The molecule has 0 radical (unpaired) electrons. The van der Waals surface area contributed by atoms with Crippen LogP contribution in [0.4, 0.5) is 11.4 Å². The van der Waals surface area contributed by atoms with E-state index in [1.54, 1.807) is 49.4 Å². The van der Waals surface area contributed by atoms with Gasteiger partial charge in [-0.15, -0.1) is 0 Å². The lowest BCUT2D eigenvalue weighted by molar-refractivity contribution is -0.386. The number of nitro benzene ring substituents is 1. The second kappa shape index (κ2) is 11.2. The highest BCUT2D eigenvalue weighted by atomic mass is 35.5. The van der Waals surface area contributed by atoms with Crippen molar-refractivity contribution in [2.24, 2.45) is 0 Å². The zero-order valence-corrected chi connectivity index (χ0v) is 19.6. The Morgan fingerprint density at radius 2 is 1.74 bits per heavy atom. The van der Waals surface area contributed by atoms with Crippen LogP contribution in [0.3, 0.4) is 0 Å². The number of phenolic OH excluding ortho intramolecular Hbond substituents is 1. The van der Waals surface area contributed by atoms with Crippen molar-refractivity contribution >= 4 is 40.5 Å². The summed E-state index contributed by atoms with van der Waals surface area (Å²) in [6.45, 7) is 2.00. The number of carbonyl (C=O) groups excluding carboxylic acids is 1. The van der Waals surface area contributed by atoms with E-state index in [0.717, 1.165) is 11.6 Å². The third kappa shape index (κ3) is 6.17. The second-order valence-electron chi connectivity index (χ2n) is 7.43. The lowest BCUT2D eigenvalue weighted by atomic mass is 9.96. The van der Waals surface area contributed by atoms with Crippen LogP contribution in [0.25, 0.3) is 0 Å². The number of benzene rings is 3. The van der Waals surface area contributed by atoms with Gasteiger partial charge in [-0.1, -0.05) is 35.3 Å². The number of nitrogens with one attached hydrogen (secondary N) is 1. The van der Waals surface area contributed by atoms with E-state index in [4.69, 9.17) is 27.9 Å². The number of aromatic hydroxyl groups is 1. The van der Waals surface area contributed by atoms with Crippen molar-refractivity contribution in [1.29, 1.82) is 0 Å². The van der Waals surface area contributed by atoms with E-state index in [0.29, 0.717) is 21.3 Å². The zero-order chi connectivity index (χ0) is 24.8. The minimum atomic E-state index is -1.11. The van der Waals surface area contributed by atoms with E-state index in [2.05, 4.69) is 5.32 Å². The van der Waals surface area contributed by atoms with E-state index < -0.39 is 34.5 Å². The number of phenols is 1. The van der Waals surface area contributed by atoms with Crippen molar-refractivity contribution in [3.8, 4) is 5.75 Å². The van der Waals surface area contributed by atoms with Gasteiger partial charge in [-0.25, -0.2) is 4.79 Å². The van der Waals surface area contributed by atoms with Crippen LogP contribution in [0, 0.1) is 10.1 Å². The van der Waals surface area contributed by atoms with Crippen molar-refractivity contribution in [2.45, 2.75) is 25.5 Å². The predicted molar refractivity (Wildman–Crippen MR) is 130 cm³/mol. The summed E-state index contributed by atoms with van der Waals surface area (Å²) in [4.78, 5) is 22.3. The molecule has 0 spiro atoms. The summed E-state index contributed by atoms with van der Waals surface area (Å²) >= 11 is 12.2. The highest BCUT2D eigenvalue weighted by molar-refractivity contribution is 6.42. The fourth-order valence-electron chi connectivity index (χ4n) is 3.38. The SMILES string of the molecule is CCOC(=O)c1ccc(NC(CC(O)c2ccc(O)c([N+](=O)[O-])c2)c2ccc(Cl)c(Cl)c2)cc1. The summed E-state index contributed by atoms with van der Waals surface area (Å²) in [7, 11) is 0. The minimum Gasteiger partial charge on any atom is -0.502 e. The molecular formula is C24H22Cl2N2O6. The Balaban J connectivity index is 1.88. The summed E-state index contributed by atoms with van der Waals surface area (Å²) < 4.78 is 4.99. The summed E-state index contributed by atoms with van der Waals surface area (Å²) in [5.41, 5.74) is 1.55. The highest BCUT2D eigenvalue weighted by Crippen LogP contribution is 2.35. The smallest absolute Gasteiger partial charge is 0.338 e. The largest absolute Gasteiger partial charge is 0.502 e. The molecule has 3 N–H and O–H groups in total. The Hall–Kier alpha value is -3.33. The fourth-order valence-corrected chi connectivity index (χ4v) is 3.69. The molecule has 10 heteroatoms. The zero-order valence-electron chi connectivity index (χ0n) is 18.1. The lowest BCUT2D eigenvalue weighted by Gasteiger charge is -2.24. The molecule has 2 atom stereocenters. The number of halogens is 2. The Bertz CT molecular complexity index is 1190. The first-order valence-corrected chi connectivity index (χ1v) is 11.1. The average Bonchev–Trinajstić information content (AvgIpc) is 2.81. The number of hydrogen-bond acceptors (Lipinski definition) is 7. The van der Waals surface area contributed by atoms with Gasteiger partial charge in [0.2, 0.25) is 0 Å². The standard InChI is InChI=1S/C24H22Cl2N2O6/c1-2-34-24(31)14-3-7-17(8-4-14)27-20(15-5-9-18(25)19(26)11-15)13-23(30)16-6-10-22(29)21(12-16)28(32)33/h3-12,20,23,27,29-30H,2,13H2,1H3. The van der Waals surface area contributed by atoms with Crippen LogP contribution in [-0.4, -0.2) is 27.7 Å². The molecule has 0 bridgehead atoms. The first-order valence-electron chi connectivity index (χ1n) is 10.3. The molecule has 0 aliphatic heterocycles. The van der Waals surface area contributed by atoms with Crippen molar-refractivity contribution < 1.29 is 24.7 Å². The normalized spacial score (nSPS) is 12.6. The molecular weight excluding hydrogens is 483 g/mol. The minimum absolute atomic E-state index is 0.111. The van der Waals surface area contributed by atoms with Gasteiger partial charge in [0.05, 0.1) is 39.3 Å². The molecule has 0 amide bonds. The van der Waals surface area contributed by atoms with Gasteiger partial charge in [-0.05, 0) is 60.5 Å². The van der Waals surface area contributed by atoms with Gasteiger partial charge < -0.3 is 20.3 Å². The van der Waals surface area contributed by atoms with Crippen LogP contribution in [-0.2, 0) is 4.74 Å². The van der Waals surface area contributed by atoms with Crippen molar-refractivity contribution in [1.82, 2.24) is 0 Å². The summed E-state index contributed by atoms with van der Waals surface area (Å²) in [5.74, 6) is -0.916. The van der Waals surface area contributed by atoms with Crippen LogP contribution in [0.15, 0.2) is 60.7 Å². The van der Waals surface area contributed by atoms with Gasteiger partial charge in [-0.2, -0.15) is 0 Å². The Kier molecular flexibility index (Phi) is 8.33. The summed E-state index contributed by atoms with van der Waals surface area (Å²) in [6.07, 6.45) is -0.996. The van der Waals surface area contributed by atoms with E-state index in [1.165, 1.54) is 12.1 Å². The van der Waals surface area contributed by atoms with Crippen molar-refractivity contribution in [3.05, 3.63) is 97.5 Å².